The van der Waals surface area contributed by atoms with Crippen molar-refractivity contribution in [3.8, 4) is 0 Å². The van der Waals surface area contributed by atoms with Crippen molar-refractivity contribution in [1.29, 1.82) is 0 Å². The minimum absolute atomic E-state index is 0.0935. The van der Waals surface area contributed by atoms with Gasteiger partial charge in [-0.25, -0.2) is 4.99 Å². The molecule has 0 saturated carbocycles. The molecule has 0 radical (unpaired) electrons. The van der Waals surface area contributed by atoms with E-state index < -0.39 is 6.04 Å². The van der Waals surface area contributed by atoms with Crippen molar-refractivity contribution in [2.24, 2.45) is 4.99 Å². The molecule has 6 heteroatoms. The van der Waals surface area contributed by atoms with Crippen LogP contribution >= 0.6 is 0 Å². The van der Waals surface area contributed by atoms with Gasteiger partial charge < -0.3 is 10.2 Å². The Hall–Kier alpha value is -2.37. The summed E-state index contributed by atoms with van der Waals surface area (Å²) in [5.74, 6) is 0.170. The molecule has 0 aromatic heterocycles. The third-order valence-corrected chi connectivity index (χ3v) is 4.50. The Kier molecular flexibility index (Phi) is 5.13. The minimum Gasteiger partial charge on any atom is -0.343 e. The van der Waals surface area contributed by atoms with Crippen LogP contribution in [0.1, 0.15) is 38.2 Å². The van der Waals surface area contributed by atoms with E-state index in [1.165, 1.54) is 12.0 Å². The van der Waals surface area contributed by atoms with E-state index in [1.54, 1.807) is 0 Å². The maximum atomic E-state index is 12.5. The highest BCUT2D eigenvalue weighted by molar-refractivity contribution is 6.05. The summed E-state index contributed by atoms with van der Waals surface area (Å²) in [6, 6.07) is 7.09. The first kappa shape index (κ1) is 16.5. The van der Waals surface area contributed by atoms with Crippen molar-refractivity contribution in [2.75, 3.05) is 18.4 Å². The number of piperidine rings is 1. The average Bonchev–Trinajstić information content (AvgIpc) is 2.62. The van der Waals surface area contributed by atoms with E-state index in [1.807, 2.05) is 24.3 Å². The molecule has 2 heterocycles. The lowest BCUT2D eigenvalue weighted by Crippen LogP contribution is -2.51. The standard InChI is InChI=1S/C18H24N4O2/c1-2-13-6-8-14(9-7-13)19-17(24)15-12-16(23)21-18(20-15)22-10-4-3-5-11-22/h6-9,15H,2-5,10-12H2,1H3,(H,19,24)(H,20,21,23). The number of anilines is 1. The second-order valence-corrected chi connectivity index (χ2v) is 6.31. The summed E-state index contributed by atoms with van der Waals surface area (Å²) in [6.45, 7) is 3.85. The number of nitrogens with one attached hydrogen (secondary N) is 2. The van der Waals surface area contributed by atoms with Crippen LogP contribution in [0.5, 0.6) is 0 Å². The Morgan fingerprint density at radius 1 is 1.25 bits per heavy atom. The summed E-state index contributed by atoms with van der Waals surface area (Å²) in [4.78, 5) is 31.0. The van der Waals surface area contributed by atoms with Gasteiger partial charge in [0.25, 0.3) is 0 Å². The average molecular weight is 328 g/mol. The van der Waals surface area contributed by atoms with Gasteiger partial charge in [-0.1, -0.05) is 19.1 Å². The number of hydrogen-bond donors (Lipinski definition) is 2. The number of likely N-dealkylation sites (tertiary alicyclic amines) is 1. The van der Waals surface area contributed by atoms with E-state index in [-0.39, 0.29) is 18.2 Å². The number of nitrogens with zero attached hydrogens (tertiary/aromatic N) is 2. The number of aryl methyl sites for hydroxylation is 1. The highest BCUT2D eigenvalue weighted by atomic mass is 16.2. The molecule has 0 spiro atoms. The van der Waals surface area contributed by atoms with E-state index >= 15 is 0 Å². The number of amides is 2. The van der Waals surface area contributed by atoms with Crippen LogP contribution in [0.4, 0.5) is 5.69 Å². The van der Waals surface area contributed by atoms with Crippen LogP contribution in [0.3, 0.4) is 0 Å². The molecule has 2 aliphatic rings. The second kappa shape index (κ2) is 7.47. The largest absolute Gasteiger partial charge is 0.343 e. The first-order valence-electron chi connectivity index (χ1n) is 8.68. The van der Waals surface area contributed by atoms with E-state index in [0.29, 0.717) is 5.96 Å². The van der Waals surface area contributed by atoms with Gasteiger partial charge in [-0.2, -0.15) is 0 Å². The number of hydrogen-bond acceptors (Lipinski definition) is 4. The Balaban J connectivity index is 1.69. The number of aliphatic imine (C=N–C) groups is 1. The Bertz CT molecular complexity index is 633. The molecule has 0 bridgehead atoms. The van der Waals surface area contributed by atoms with Gasteiger partial charge in [0.15, 0.2) is 0 Å². The topological polar surface area (TPSA) is 73.8 Å². The molecule has 1 atom stereocenters. The van der Waals surface area contributed by atoms with E-state index in [9.17, 15) is 9.59 Å². The van der Waals surface area contributed by atoms with Gasteiger partial charge in [0.05, 0.1) is 6.42 Å². The summed E-state index contributed by atoms with van der Waals surface area (Å²) < 4.78 is 0. The van der Waals surface area contributed by atoms with Crippen LogP contribution in [-0.4, -0.2) is 41.8 Å². The molecule has 2 aliphatic heterocycles. The lowest BCUT2D eigenvalue weighted by molar-refractivity contribution is -0.125. The molecule has 0 aliphatic carbocycles. The van der Waals surface area contributed by atoms with Gasteiger partial charge in [0.1, 0.15) is 6.04 Å². The molecule has 2 amide bonds. The van der Waals surface area contributed by atoms with Crippen molar-refractivity contribution in [3.05, 3.63) is 29.8 Å². The molecule has 1 unspecified atom stereocenters. The third-order valence-electron chi connectivity index (χ3n) is 4.50. The van der Waals surface area contributed by atoms with Gasteiger partial charge >= 0.3 is 0 Å². The highest BCUT2D eigenvalue weighted by Crippen LogP contribution is 2.15. The Morgan fingerprint density at radius 2 is 1.96 bits per heavy atom. The molecule has 6 nitrogen and oxygen atoms in total. The van der Waals surface area contributed by atoms with Gasteiger partial charge in [-0.3, -0.25) is 14.9 Å². The summed E-state index contributed by atoms with van der Waals surface area (Å²) in [5.41, 5.74) is 1.95. The molecule has 1 fully saturated rings. The van der Waals surface area contributed by atoms with E-state index in [2.05, 4.69) is 27.4 Å². The first-order chi connectivity index (χ1) is 11.7. The summed E-state index contributed by atoms with van der Waals surface area (Å²) in [7, 11) is 0. The van der Waals surface area contributed by atoms with Gasteiger partial charge in [0.2, 0.25) is 17.8 Å². The quantitative estimate of drug-likeness (QED) is 0.890. The number of benzene rings is 1. The predicted octanol–water partition coefficient (Wildman–Crippen LogP) is 1.92. The van der Waals surface area contributed by atoms with Crippen molar-refractivity contribution >= 4 is 23.5 Å². The molecule has 2 N–H and O–H groups in total. The molecular formula is C18H24N4O2. The van der Waals surface area contributed by atoms with E-state index in [0.717, 1.165) is 38.0 Å². The van der Waals surface area contributed by atoms with Crippen LogP contribution in [0.25, 0.3) is 0 Å². The lowest BCUT2D eigenvalue weighted by Gasteiger charge is -2.32. The fourth-order valence-electron chi connectivity index (χ4n) is 3.04. The SMILES string of the molecule is CCc1ccc(NC(=O)C2CC(=O)NC(N3CCCCC3)=N2)cc1. The number of guanidine groups is 1. The normalized spacial score (nSPS) is 21.0. The predicted molar refractivity (Wildman–Crippen MR) is 93.9 cm³/mol. The zero-order valence-electron chi connectivity index (χ0n) is 14.0. The maximum Gasteiger partial charge on any atom is 0.249 e. The smallest absolute Gasteiger partial charge is 0.249 e. The lowest BCUT2D eigenvalue weighted by atomic mass is 10.1. The fraction of sp³-hybridized carbons (Fsp3) is 0.500. The van der Waals surface area contributed by atoms with Crippen LogP contribution in [-0.2, 0) is 16.0 Å². The van der Waals surface area contributed by atoms with Crippen molar-refractivity contribution in [2.45, 2.75) is 45.1 Å². The number of carbonyl (C=O) groups excluding carboxylic acids is 2. The van der Waals surface area contributed by atoms with Crippen molar-refractivity contribution in [3.63, 3.8) is 0 Å². The van der Waals surface area contributed by atoms with Gasteiger partial charge in [-0.05, 0) is 43.4 Å². The number of rotatable bonds is 3. The molecule has 24 heavy (non-hydrogen) atoms. The zero-order valence-corrected chi connectivity index (χ0v) is 14.0. The second-order valence-electron chi connectivity index (χ2n) is 6.31. The minimum atomic E-state index is -0.665. The molecular weight excluding hydrogens is 304 g/mol. The van der Waals surface area contributed by atoms with Gasteiger partial charge in [0, 0.05) is 18.8 Å². The zero-order chi connectivity index (χ0) is 16.9. The van der Waals surface area contributed by atoms with Gasteiger partial charge in [-0.15, -0.1) is 0 Å². The summed E-state index contributed by atoms with van der Waals surface area (Å²) in [6.07, 6.45) is 4.44. The molecule has 1 aromatic rings. The van der Waals surface area contributed by atoms with E-state index in [4.69, 9.17) is 0 Å². The van der Waals surface area contributed by atoms with Crippen LogP contribution < -0.4 is 10.6 Å². The highest BCUT2D eigenvalue weighted by Gasteiger charge is 2.29. The third kappa shape index (κ3) is 3.93. The first-order valence-corrected chi connectivity index (χ1v) is 8.68. The maximum absolute atomic E-state index is 12.5. The number of carbonyl (C=O) groups is 2. The van der Waals surface area contributed by atoms with Crippen LogP contribution in [0, 0.1) is 0 Å². The Morgan fingerprint density at radius 3 is 2.62 bits per heavy atom. The van der Waals surface area contributed by atoms with Crippen LogP contribution in [0.2, 0.25) is 0 Å². The summed E-state index contributed by atoms with van der Waals surface area (Å²) in [5, 5.41) is 5.67. The van der Waals surface area contributed by atoms with Crippen molar-refractivity contribution < 1.29 is 9.59 Å². The summed E-state index contributed by atoms with van der Waals surface area (Å²) >= 11 is 0. The molecule has 3 rings (SSSR count). The monoisotopic (exact) mass is 328 g/mol. The molecule has 128 valence electrons. The Labute approximate surface area is 142 Å². The fourth-order valence-corrected chi connectivity index (χ4v) is 3.04. The molecule has 1 saturated heterocycles. The van der Waals surface area contributed by atoms with Crippen molar-refractivity contribution in [1.82, 2.24) is 10.2 Å². The molecule has 1 aromatic carbocycles. The van der Waals surface area contributed by atoms with Crippen LogP contribution in [0.15, 0.2) is 29.3 Å².